The lowest BCUT2D eigenvalue weighted by Gasteiger charge is -2.39. The van der Waals surface area contributed by atoms with Crippen LogP contribution in [0.25, 0.3) is 0 Å². The van der Waals surface area contributed by atoms with Crippen molar-refractivity contribution in [3.63, 3.8) is 0 Å². The Kier molecular flexibility index (Phi) is 4.49. The summed E-state index contributed by atoms with van der Waals surface area (Å²) in [5.41, 5.74) is 2.83. The SMILES string of the molecule is CC1(C)Cc2nc(C(C)(C)C)ncc2C(NC2CCOCC2)C1. The summed E-state index contributed by atoms with van der Waals surface area (Å²) in [5, 5.41) is 3.87. The molecular formula is C19H31N3O. The fourth-order valence-electron chi connectivity index (χ4n) is 3.71. The number of aromatic nitrogens is 2. The lowest BCUT2D eigenvalue weighted by Crippen LogP contribution is -2.42. The van der Waals surface area contributed by atoms with Gasteiger partial charge in [-0.25, -0.2) is 9.97 Å². The molecule has 128 valence electrons. The van der Waals surface area contributed by atoms with E-state index in [-0.39, 0.29) is 10.8 Å². The molecule has 0 amide bonds. The second kappa shape index (κ2) is 6.14. The fourth-order valence-corrected chi connectivity index (χ4v) is 3.71. The summed E-state index contributed by atoms with van der Waals surface area (Å²) in [6.07, 6.45) is 6.48. The number of ether oxygens (including phenoxy) is 1. The lowest BCUT2D eigenvalue weighted by molar-refractivity contribution is 0.0716. The molecule has 23 heavy (non-hydrogen) atoms. The molecule has 1 aliphatic carbocycles. The molecule has 4 nitrogen and oxygen atoms in total. The average Bonchev–Trinajstić information content (AvgIpc) is 2.45. The summed E-state index contributed by atoms with van der Waals surface area (Å²) in [6, 6.07) is 0.920. The van der Waals surface area contributed by atoms with E-state index >= 15 is 0 Å². The maximum atomic E-state index is 5.49. The largest absolute Gasteiger partial charge is 0.381 e. The van der Waals surface area contributed by atoms with Crippen molar-refractivity contribution in [1.82, 2.24) is 15.3 Å². The van der Waals surface area contributed by atoms with Crippen molar-refractivity contribution in [2.45, 2.75) is 77.8 Å². The van der Waals surface area contributed by atoms with Gasteiger partial charge in [0.05, 0.1) is 0 Å². The summed E-state index contributed by atoms with van der Waals surface area (Å²) < 4.78 is 5.49. The zero-order chi connectivity index (χ0) is 16.7. The molecule has 1 atom stereocenters. The van der Waals surface area contributed by atoms with E-state index in [1.54, 1.807) is 0 Å². The van der Waals surface area contributed by atoms with Crippen molar-refractivity contribution in [2.24, 2.45) is 5.41 Å². The minimum absolute atomic E-state index is 0.000252. The zero-order valence-electron chi connectivity index (χ0n) is 15.3. The first-order valence-electron chi connectivity index (χ1n) is 8.95. The maximum Gasteiger partial charge on any atom is 0.133 e. The second-order valence-corrected chi connectivity index (χ2v) is 9.00. The minimum Gasteiger partial charge on any atom is -0.381 e. The summed E-state index contributed by atoms with van der Waals surface area (Å²) in [4.78, 5) is 9.63. The summed E-state index contributed by atoms with van der Waals surface area (Å²) in [5.74, 6) is 0.957. The molecule has 0 aromatic carbocycles. The Bertz CT molecular complexity index is 556. The maximum absolute atomic E-state index is 5.49. The van der Waals surface area contributed by atoms with Gasteiger partial charge in [-0.3, -0.25) is 0 Å². The number of hydrogen-bond donors (Lipinski definition) is 1. The second-order valence-electron chi connectivity index (χ2n) is 9.00. The molecule has 2 aliphatic rings. The van der Waals surface area contributed by atoms with Crippen molar-refractivity contribution in [3.05, 3.63) is 23.3 Å². The van der Waals surface area contributed by atoms with E-state index in [4.69, 9.17) is 9.72 Å². The van der Waals surface area contributed by atoms with Crippen LogP contribution in [-0.2, 0) is 16.6 Å². The third-order valence-corrected chi connectivity index (χ3v) is 5.01. The third-order valence-electron chi connectivity index (χ3n) is 5.01. The predicted molar refractivity (Wildman–Crippen MR) is 92.6 cm³/mol. The third kappa shape index (κ3) is 3.92. The summed E-state index contributed by atoms with van der Waals surface area (Å²) in [6.45, 7) is 13.0. The van der Waals surface area contributed by atoms with E-state index in [0.29, 0.717) is 12.1 Å². The molecule has 4 heteroatoms. The summed E-state index contributed by atoms with van der Waals surface area (Å²) >= 11 is 0. The van der Waals surface area contributed by atoms with Crippen LogP contribution in [0.1, 0.15) is 77.0 Å². The van der Waals surface area contributed by atoms with E-state index < -0.39 is 0 Å². The molecule has 1 fully saturated rings. The number of nitrogens with one attached hydrogen (secondary N) is 1. The van der Waals surface area contributed by atoms with Crippen molar-refractivity contribution >= 4 is 0 Å². The quantitative estimate of drug-likeness (QED) is 0.906. The number of fused-ring (bicyclic) bond motifs is 1. The van der Waals surface area contributed by atoms with Crippen LogP contribution in [0.4, 0.5) is 0 Å². The van der Waals surface area contributed by atoms with Gasteiger partial charge in [-0.1, -0.05) is 34.6 Å². The molecule has 1 N–H and O–H groups in total. The van der Waals surface area contributed by atoms with Crippen LogP contribution in [0, 0.1) is 5.41 Å². The van der Waals surface area contributed by atoms with Crippen molar-refractivity contribution in [3.8, 4) is 0 Å². The molecule has 2 heterocycles. The first-order valence-corrected chi connectivity index (χ1v) is 8.95. The van der Waals surface area contributed by atoms with E-state index in [0.717, 1.165) is 44.7 Å². The van der Waals surface area contributed by atoms with Crippen LogP contribution in [0.2, 0.25) is 0 Å². The molecule has 1 aromatic heterocycles. The van der Waals surface area contributed by atoms with Gasteiger partial charge in [-0.2, -0.15) is 0 Å². The molecule has 1 aromatic rings. The highest BCUT2D eigenvalue weighted by atomic mass is 16.5. The smallest absolute Gasteiger partial charge is 0.133 e. The molecule has 3 rings (SSSR count). The first-order chi connectivity index (χ1) is 10.7. The molecule has 0 saturated carbocycles. The van der Waals surface area contributed by atoms with E-state index in [1.807, 2.05) is 0 Å². The monoisotopic (exact) mass is 317 g/mol. The van der Waals surface area contributed by atoms with Crippen LogP contribution in [-0.4, -0.2) is 29.2 Å². The van der Waals surface area contributed by atoms with Gasteiger partial charge in [0, 0.05) is 48.2 Å². The normalized spacial score (nSPS) is 25.2. The van der Waals surface area contributed by atoms with Gasteiger partial charge in [0.1, 0.15) is 5.82 Å². The van der Waals surface area contributed by atoms with Gasteiger partial charge in [0.15, 0.2) is 0 Å². The lowest BCUT2D eigenvalue weighted by atomic mass is 9.73. The Balaban J connectivity index is 1.87. The van der Waals surface area contributed by atoms with Crippen LogP contribution >= 0.6 is 0 Å². The van der Waals surface area contributed by atoms with Gasteiger partial charge < -0.3 is 10.1 Å². The molecule has 0 bridgehead atoms. The Morgan fingerprint density at radius 1 is 1.22 bits per heavy atom. The first kappa shape index (κ1) is 16.8. The van der Waals surface area contributed by atoms with Crippen LogP contribution in [0.3, 0.4) is 0 Å². The van der Waals surface area contributed by atoms with Gasteiger partial charge in [0.2, 0.25) is 0 Å². The number of nitrogens with zero attached hydrogens (tertiary/aromatic N) is 2. The Labute approximate surface area is 140 Å². The molecule has 1 unspecified atom stereocenters. The molecule has 0 radical (unpaired) electrons. The fraction of sp³-hybridized carbons (Fsp3) is 0.789. The van der Waals surface area contributed by atoms with Crippen LogP contribution in [0.5, 0.6) is 0 Å². The van der Waals surface area contributed by atoms with E-state index in [1.165, 1.54) is 11.3 Å². The van der Waals surface area contributed by atoms with E-state index in [9.17, 15) is 0 Å². The Morgan fingerprint density at radius 2 is 1.91 bits per heavy atom. The topological polar surface area (TPSA) is 47.0 Å². The highest BCUT2D eigenvalue weighted by molar-refractivity contribution is 5.28. The minimum atomic E-state index is 0.000252. The molecule has 1 saturated heterocycles. The standard InChI is InChI=1S/C19H31N3O/c1-18(2,3)17-20-12-14-15(21-13-6-8-23-9-7-13)10-19(4,5)11-16(14)22-17/h12-13,15,21H,6-11H2,1-5H3. The Morgan fingerprint density at radius 3 is 2.57 bits per heavy atom. The number of rotatable bonds is 2. The van der Waals surface area contributed by atoms with Crippen molar-refractivity contribution in [2.75, 3.05) is 13.2 Å². The van der Waals surface area contributed by atoms with Crippen LogP contribution < -0.4 is 5.32 Å². The average molecular weight is 317 g/mol. The predicted octanol–water partition coefficient (Wildman–Crippen LogP) is 3.56. The number of hydrogen-bond acceptors (Lipinski definition) is 4. The van der Waals surface area contributed by atoms with E-state index in [2.05, 4.69) is 51.1 Å². The van der Waals surface area contributed by atoms with Crippen LogP contribution in [0.15, 0.2) is 6.20 Å². The van der Waals surface area contributed by atoms with Gasteiger partial charge >= 0.3 is 0 Å². The summed E-state index contributed by atoms with van der Waals surface area (Å²) in [7, 11) is 0. The molecule has 0 spiro atoms. The van der Waals surface area contributed by atoms with Gasteiger partial charge in [-0.15, -0.1) is 0 Å². The van der Waals surface area contributed by atoms with Gasteiger partial charge in [-0.05, 0) is 31.1 Å². The highest BCUT2D eigenvalue weighted by Crippen LogP contribution is 2.40. The highest BCUT2D eigenvalue weighted by Gasteiger charge is 2.35. The zero-order valence-corrected chi connectivity index (χ0v) is 15.3. The van der Waals surface area contributed by atoms with Gasteiger partial charge in [0.25, 0.3) is 0 Å². The molecule has 1 aliphatic heterocycles. The molecular weight excluding hydrogens is 286 g/mol. The van der Waals surface area contributed by atoms with Crippen molar-refractivity contribution in [1.29, 1.82) is 0 Å². The Hall–Kier alpha value is -1.00. The van der Waals surface area contributed by atoms with Crippen molar-refractivity contribution < 1.29 is 4.74 Å².